The molecule has 0 aliphatic carbocycles. The van der Waals surface area contributed by atoms with Gasteiger partial charge in [0.15, 0.2) is 0 Å². The maximum Gasteiger partial charge on any atom is 0.221 e. The zero-order valence-corrected chi connectivity index (χ0v) is 7.52. The lowest BCUT2D eigenvalue weighted by Gasteiger charge is -2.00. The van der Waals surface area contributed by atoms with Crippen LogP contribution >= 0.6 is 31.2 Å². The molecule has 6 heteroatoms. The predicted molar refractivity (Wildman–Crippen MR) is 41.0 cm³/mol. The Balaban J connectivity index is 3.49. The fourth-order valence-electron chi connectivity index (χ4n) is 0.364. The molecule has 0 aromatic carbocycles. The van der Waals surface area contributed by atoms with Crippen LogP contribution in [0.25, 0.3) is 0 Å². The predicted octanol–water partition coefficient (Wildman–Crippen LogP) is 1.56. The van der Waals surface area contributed by atoms with Gasteiger partial charge in [0, 0.05) is 6.42 Å². The van der Waals surface area contributed by atoms with E-state index in [1.54, 1.807) is 0 Å². The van der Waals surface area contributed by atoms with Crippen molar-refractivity contribution in [3.63, 3.8) is 0 Å². The van der Waals surface area contributed by atoms with Gasteiger partial charge in [0.2, 0.25) is 13.3 Å². The SMILES string of the molecule is O=C(Cl)CCC(Cl)[PH](=O)O. The average Bonchev–Trinajstić information content (AvgIpc) is 1.82. The number of hydrogen-bond donors (Lipinski definition) is 1. The van der Waals surface area contributed by atoms with Crippen LogP contribution in [0.4, 0.5) is 0 Å². The molecule has 0 radical (unpaired) electrons. The van der Waals surface area contributed by atoms with Gasteiger partial charge in [-0.05, 0) is 18.0 Å². The maximum absolute atomic E-state index is 10.2. The smallest absolute Gasteiger partial charge is 0.221 e. The van der Waals surface area contributed by atoms with E-state index in [9.17, 15) is 9.36 Å². The van der Waals surface area contributed by atoms with Crippen LogP contribution in [0.5, 0.6) is 0 Å². The van der Waals surface area contributed by atoms with Gasteiger partial charge in [-0.1, -0.05) is 0 Å². The lowest BCUT2D eigenvalue weighted by Crippen LogP contribution is -1.95. The summed E-state index contributed by atoms with van der Waals surface area (Å²) in [5.74, 6) is 0. The molecular weight excluding hydrogens is 198 g/mol. The van der Waals surface area contributed by atoms with Gasteiger partial charge < -0.3 is 4.89 Å². The van der Waals surface area contributed by atoms with Crippen molar-refractivity contribution in [3.05, 3.63) is 0 Å². The van der Waals surface area contributed by atoms with E-state index < -0.39 is 18.4 Å². The highest BCUT2D eigenvalue weighted by Gasteiger charge is 2.11. The molecule has 0 amide bonds. The van der Waals surface area contributed by atoms with Gasteiger partial charge in [0.1, 0.15) is 5.12 Å². The standard InChI is InChI=1S/C4H7Cl2O3P/c5-3(7)1-2-4(6)10(8)9/h4,10H,1-2H2,(H,8,9). The van der Waals surface area contributed by atoms with Crippen molar-refractivity contribution < 1.29 is 14.3 Å². The Morgan fingerprint density at radius 3 is 2.50 bits per heavy atom. The maximum atomic E-state index is 10.2. The Bertz CT molecular complexity index is 149. The van der Waals surface area contributed by atoms with Gasteiger partial charge in [-0.15, -0.1) is 11.6 Å². The van der Waals surface area contributed by atoms with Crippen molar-refractivity contribution in [1.82, 2.24) is 0 Å². The second-order valence-corrected chi connectivity index (χ2v) is 4.39. The topological polar surface area (TPSA) is 54.4 Å². The van der Waals surface area contributed by atoms with Gasteiger partial charge >= 0.3 is 0 Å². The highest BCUT2D eigenvalue weighted by Crippen LogP contribution is 2.29. The first-order valence-electron chi connectivity index (χ1n) is 2.59. The fourth-order valence-corrected chi connectivity index (χ4v) is 0.973. The van der Waals surface area contributed by atoms with Gasteiger partial charge in [0.05, 0.1) is 0 Å². The Kier molecular flexibility index (Phi) is 5.36. The van der Waals surface area contributed by atoms with Crippen LogP contribution in [0.3, 0.4) is 0 Å². The number of carbonyl (C=O) groups is 1. The first-order chi connectivity index (χ1) is 4.54. The molecule has 60 valence electrons. The summed E-state index contributed by atoms with van der Waals surface area (Å²) in [6.07, 6.45) is 0.213. The van der Waals surface area contributed by atoms with Crippen LogP contribution < -0.4 is 0 Å². The summed E-state index contributed by atoms with van der Waals surface area (Å²) in [5, 5.41) is -1.36. The lowest BCUT2D eigenvalue weighted by atomic mass is 10.4. The summed E-state index contributed by atoms with van der Waals surface area (Å²) in [6.45, 7) is 0. The Hall–Kier alpha value is 0.440. The van der Waals surface area contributed by atoms with Crippen LogP contribution in [0.2, 0.25) is 0 Å². The van der Waals surface area contributed by atoms with E-state index in [0.717, 1.165) is 0 Å². The average molecular weight is 205 g/mol. The monoisotopic (exact) mass is 204 g/mol. The molecule has 0 heterocycles. The number of hydrogen-bond acceptors (Lipinski definition) is 2. The van der Waals surface area contributed by atoms with Crippen molar-refractivity contribution in [3.8, 4) is 0 Å². The molecule has 3 nitrogen and oxygen atoms in total. The normalized spacial score (nSPS) is 16.3. The Labute approximate surface area is 69.2 Å². The highest BCUT2D eigenvalue weighted by molar-refractivity contribution is 7.41. The summed E-state index contributed by atoms with van der Waals surface area (Å²) in [7, 11) is -2.70. The third kappa shape index (κ3) is 5.24. The quantitative estimate of drug-likeness (QED) is 0.430. The number of halogens is 2. The van der Waals surface area contributed by atoms with Gasteiger partial charge in [-0.3, -0.25) is 9.36 Å². The van der Waals surface area contributed by atoms with Crippen molar-refractivity contribution in [2.45, 2.75) is 18.0 Å². The molecule has 0 saturated heterocycles. The molecule has 0 aliphatic rings. The fraction of sp³-hybridized carbons (Fsp3) is 0.750. The van der Waals surface area contributed by atoms with Crippen LogP contribution in [0.1, 0.15) is 12.8 Å². The zero-order valence-electron chi connectivity index (χ0n) is 5.01. The molecule has 1 N–H and O–H groups in total. The molecule has 0 spiro atoms. The Morgan fingerprint density at radius 2 is 2.20 bits per heavy atom. The summed E-state index contributed by atoms with van der Waals surface area (Å²) in [6, 6.07) is 0. The number of rotatable bonds is 4. The number of alkyl halides is 1. The second-order valence-electron chi connectivity index (χ2n) is 1.70. The van der Waals surface area contributed by atoms with E-state index in [4.69, 9.17) is 28.1 Å². The number of carbonyl (C=O) groups excluding carboxylic acids is 1. The summed E-state index contributed by atoms with van der Waals surface area (Å²) < 4.78 is 10.2. The third-order valence-corrected chi connectivity index (χ3v) is 2.65. The van der Waals surface area contributed by atoms with Crippen molar-refractivity contribution >= 4 is 36.5 Å². The minimum absolute atomic E-state index is 0.0483. The molecular formula is C4H7Cl2O3P. The van der Waals surface area contributed by atoms with Gasteiger partial charge in [0.25, 0.3) is 0 Å². The van der Waals surface area contributed by atoms with E-state index >= 15 is 0 Å². The lowest BCUT2D eigenvalue weighted by molar-refractivity contribution is -0.111. The van der Waals surface area contributed by atoms with Gasteiger partial charge in [-0.2, -0.15) is 0 Å². The zero-order chi connectivity index (χ0) is 8.15. The largest absolute Gasteiger partial charge is 0.345 e. The van der Waals surface area contributed by atoms with E-state index in [0.29, 0.717) is 0 Å². The van der Waals surface area contributed by atoms with Crippen LogP contribution in [-0.4, -0.2) is 15.3 Å². The molecule has 2 unspecified atom stereocenters. The van der Waals surface area contributed by atoms with Gasteiger partial charge in [-0.25, -0.2) is 0 Å². The molecule has 0 fully saturated rings. The summed E-state index contributed by atoms with van der Waals surface area (Å²) in [4.78, 5) is 18.5. The minimum atomic E-state index is -2.70. The third-order valence-electron chi connectivity index (χ3n) is 0.862. The van der Waals surface area contributed by atoms with Crippen molar-refractivity contribution in [2.24, 2.45) is 0 Å². The molecule has 10 heavy (non-hydrogen) atoms. The molecule has 0 saturated carbocycles. The van der Waals surface area contributed by atoms with E-state index in [1.807, 2.05) is 0 Å². The molecule has 0 bridgehead atoms. The van der Waals surface area contributed by atoms with Crippen molar-refractivity contribution in [2.75, 3.05) is 0 Å². The summed E-state index contributed by atoms with van der Waals surface area (Å²) in [5.41, 5.74) is 0. The van der Waals surface area contributed by atoms with E-state index in [2.05, 4.69) is 0 Å². The highest BCUT2D eigenvalue weighted by atomic mass is 35.5. The molecule has 0 aromatic heterocycles. The summed E-state index contributed by atoms with van der Waals surface area (Å²) >= 11 is 10.3. The molecule has 2 atom stereocenters. The van der Waals surface area contributed by atoms with E-state index in [1.165, 1.54) is 0 Å². The second kappa shape index (κ2) is 5.14. The van der Waals surface area contributed by atoms with Crippen LogP contribution in [-0.2, 0) is 9.36 Å². The van der Waals surface area contributed by atoms with Crippen molar-refractivity contribution in [1.29, 1.82) is 0 Å². The van der Waals surface area contributed by atoms with Crippen LogP contribution in [0, 0.1) is 0 Å². The van der Waals surface area contributed by atoms with E-state index in [-0.39, 0.29) is 12.8 Å². The minimum Gasteiger partial charge on any atom is -0.345 e. The first-order valence-corrected chi connectivity index (χ1v) is 4.84. The Morgan fingerprint density at radius 1 is 1.70 bits per heavy atom. The molecule has 0 aliphatic heterocycles. The molecule has 0 rings (SSSR count). The molecule has 0 aromatic rings. The van der Waals surface area contributed by atoms with Crippen LogP contribution in [0.15, 0.2) is 0 Å². The first kappa shape index (κ1) is 10.4.